The summed E-state index contributed by atoms with van der Waals surface area (Å²) in [4.78, 5) is 13.0. The number of nitrogens with two attached hydrogens (primary N) is 1. The third-order valence-electron chi connectivity index (χ3n) is 3.44. The predicted octanol–water partition coefficient (Wildman–Crippen LogP) is 1.91. The summed E-state index contributed by atoms with van der Waals surface area (Å²) in [5, 5.41) is 0. The Hall–Kier alpha value is -0.780. The van der Waals surface area contributed by atoms with Gasteiger partial charge in [0, 0.05) is 13.1 Å². The van der Waals surface area contributed by atoms with Crippen LogP contribution in [0.1, 0.15) is 33.6 Å². The van der Waals surface area contributed by atoms with Crippen molar-refractivity contribution in [2.45, 2.75) is 45.3 Å². The van der Waals surface area contributed by atoms with E-state index in [2.05, 4.69) is 0 Å². The topological polar surface area (TPSA) is 46.3 Å². The van der Waals surface area contributed by atoms with E-state index in [1.54, 1.807) is 0 Å². The van der Waals surface area contributed by atoms with Crippen LogP contribution in [-0.2, 0) is 4.79 Å². The molecule has 1 aliphatic rings. The van der Waals surface area contributed by atoms with Gasteiger partial charge in [0.15, 0.2) is 5.54 Å². The van der Waals surface area contributed by atoms with Crippen LogP contribution in [-0.4, -0.2) is 35.6 Å². The molecule has 1 aliphatic heterocycles. The Kier molecular flexibility index (Phi) is 3.49. The van der Waals surface area contributed by atoms with Crippen molar-refractivity contribution in [3.05, 3.63) is 0 Å². The highest BCUT2D eigenvalue weighted by molar-refractivity contribution is 5.86. The molecule has 0 saturated carbocycles. The van der Waals surface area contributed by atoms with Crippen LogP contribution in [0.25, 0.3) is 0 Å². The molecule has 1 rings (SSSR count). The Balaban J connectivity index is 2.73. The summed E-state index contributed by atoms with van der Waals surface area (Å²) in [5.41, 5.74) is 2.42. The van der Waals surface area contributed by atoms with Gasteiger partial charge in [-0.05, 0) is 25.2 Å². The van der Waals surface area contributed by atoms with E-state index < -0.39 is 17.6 Å². The molecule has 0 spiro atoms. The molecule has 1 fully saturated rings. The number of nitrogens with zero attached hydrogens (tertiary/aromatic N) is 1. The van der Waals surface area contributed by atoms with Crippen LogP contribution in [0, 0.1) is 5.41 Å². The lowest BCUT2D eigenvalue weighted by Gasteiger charge is -2.40. The highest BCUT2D eigenvalue weighted by Gasteiger charge is 2.55. The predicted molar refractivity (Wildman–Crippen MR) is 58.2 cm³/mol. The molecule has 0 radical (unpaired) electrons. The van der Waals surface area contributed by atoms with E-state index >= 15 is 0 Å². The van der Waals surface area contributed by atoms with Crippen LogP contribution >= 0.6 is 0 Å². The fourth-order valence-corrected chi connectivity index (χ4v) is 1.76. The second-order valence-electron chi connectivity index (χ2n) is 5.66. The maximum Gasteiger partial charge on any atom is 0.415 e. The van der Waals surface area contributed by atoms with Gasteiger partial charge in [-0.25, -0.2) is 0 Å². The van der Waals surface area contributed by atoms with E-state index in [9.17, 15) is 18.0 Å². The molecule has 17 heavy (non-hydrogen) atoms. The summed E-state index contributed by atoms with van der Waals surface area (Å²) in [6.07, 6.45) is -3.31. The summed E-state index contributed by atoms with van der Waals surface area (Å²) in [5.74, 6) is -1.03. The highest BCUT2D eigenvalue weighted by atomic mass is 19.4. The molecular weight excluding hydrogens is 233 g/mol. The summed E-state index contributed by atoms with van der Waals surface area (Å²) in [7, 11) is 0. The SMILES string of the molecule is CC1(C)CCN(C(=O)C(C)(N)C(F)(F)F)CC1. The van der Waals surface area contributed by atoms with Gasteiger partial charge >= 0.3 is 6.18 Å². The molecule has 1 heterocycles. The maximum atomic E-state index is 12.6. The average Bonchev–Trinajstić information content (AvgIpc) is 2.15. The number of halogens is 3. The molecule has 1 atom stereocenters. The number of carbonyl (C=O) groups excluding carboxylic acids is 1. The lowest BCUT2D eigenvalue weighted by atomic mass is 9.82. The molecule has 2 N–H and O–H groups in total. The van der Waals surface area contributed by atoms with Gasteiger partial charge < -0.3 is 10.6 Å². The Labute approximate surface area is 99.1 Å². The average molecular weight is 252 g/mol. The first kappa shape index (κ1) is 14.3. The zero-order valence-electron chi connectivity index (χ0n) is 10.4. The Morgan fingerprint density at radius 2 is 1.65 bits per heavy atom. The summed E-state index contributed by atoms with van der Waals surface area (Å²) in [6.45, 7) is 5.50. The van der Waals surface area contributed by atoms with Crippen molar-refractivity contribution < 1.29 is 18.0 Å². The third-order valence-corrected chi connectivity index (χ3v) is 3.44. The molecule has 0 aliphatic carbocycles. The molecule has 0 aromatic heterocycles. The van der Waals surface area contributed by atoms with E-state index in [-0.39, 0.29) is 5.41 Å². The van der Waals surface area contributed by atoms with Crippen molar-refractivity contribution >= 4 is 5.91 Å². The standard InChI is InChI=1S/C11H19F3N2O/c1-9(2)4-6-16(7-5-9)8(17)10(3,15)11(12,13)14/h4-7,15H2,1-3H3. The summed E-state index contributed by atoms with van der Waals surface area (Å²) >= 11 is 0. The molecule has 1 saturated heterocycles. The van der Waals surface area contributed by atoms with Gasteiger partial charge in [-0.3, -0.25) is 4.79 Å². The van der Waals surface area contributed by atoms with E-state index in [0.29, 0.717) is 25.9 Å². The molecule has 0 bridgehead atoms. The van der Waals surface area contributed by atoms with Crippen LogP contribution in [0.15, 0.2) is 0 Å². The van der Waals surface area contributed by atoms with Crippen molar-refractivity contribution in [2.75, 3.05) is 13.1 Å². The van der Waals surface area contributed by atoms with Crippen LogP contribution < -0.4 is 5.73 Å². The summed E-state index contributed by atoms with van der Waals surface area (Å²) in [6, 6.07) is 0. The van der Waals surface area contributed by atoms with Gasteiger partial charge in [-0.2, -0.15) is 13.2 Å². The summed E-state index contributed by atoms with van der Waals surface area (Å²) < 4.78 is 37.9. The fourth-order valence-electron chi connectivity index (χ4n) is 1.76. The van der Waals surface area contributed by atoms with E-state index in [0.717, 1.165) is 6.92 Å². The Morgan fingerprint density at radius 3 is 2.00 bits per heavy atom. The molecule has 0 aromatic rings. The van der Waals surface area contributed by atoms with Gasteiger partial charge in [0.2, 0.25) is 0 Å². The maximum absolute atomic E-state index is 12.6. The first-order chi connectivity index (χ1) is 7.47. The second kappa shape index (κ2) is 4.15. The van der Waals surface area contributed by atoms with E-state index in [4.69, 9.17) is 5.73 Å². The molecular formula is C11H19F3N2O. The van der Waals surface area contributed by atoms with Crippen LogP contribution in [0.4, 0.5) is 13.2 Å². The minimum absolute atomic E-state index is 0.0833. The van der Waals surface area contributed by atoms with Gasteiger partial charge in [-0.1, -0.05) is 13.8 Å². The number of likely N-dealkylation sites (tertiary alicyclic amines) is 1. The zero-order chi connectivity index (χ0) is 13.5. The van der Waals surface area contributed by atoms with Crippen LogP contribution in [0.3, 0.4) is 0 Å². The molecule has 6 heteroatoms. The number of hydrogen-bond acceptors (Lipinski definition) is 2. The fraction of sp³-hybridized carbons (Fsp3) is 0.909. The van der Waals surface area contributed by atoms with Crippen molar-refractivity contribution in [2.24, 2.45) is 11.1 Å². The van der Waals surface area contributed by atoms with Gasteiger partial charge in [-0.15, -0.1) is 0 Å². The number of amides is 1. The monoisotopic (exact) mass is 252 g/mol. The number of alkyl halides is 3. The number of piperidine rings is 1. The zero-order valence-corrected chi connectivity index (χ0v) is 10.4. The van der Waals surface area contributed by atoms with Crippen LogP contribution in [0.5, 0.6) is 0 Å². The van der Waals surface area contributed by atoms with Crippen molar-refractivity contribution in [1.82, 2.24) is 4.90 Å². The van der Waals surface area contributed by atoms with Crippen molar-refractivity contribution in [3.63, 3.8) is 0 Å². The Morgan fingerprint density at radius 1 is 1.24 bits per heavy atom. The molecule has 1 unspecified atom stereocenters. The number of hydrogen-bond donors (Lipinski definition) is 1. The van der Waals surface area contributed by atoms with Gasteiger partial charge in [0.05, 0.1) is 0 Å². The Bertz CT molecular complexity index is 300. The molecule has 3 nitrogen and oxygen atoms in total. The van der Waals surface area contributed by atoms with E-state index in [1.165, 1.54) is 4.90 Å². The number of carbonyl (C=O) groups is 1. The first-order valence-electron chi connectivity index (χ1n) is 5.62. The highest BCUT2D eigenvalue weighted by Crippen LogP contribution is 2.34. The second-order valence-corrected chi connectivity index (χ2v) is 5.66. The molecule has 0 aromatic carbocycles. The molecule has 100 valence electrons. The van der Waals surface area contributed by atoms with E-state index in [1.807, 2.05) is 13.8 Å². The first-order valence-corrected chi connectivity index (χ1v) is 5.62. The largest absolute Gasteiger partial charge is 0.415 e. The van der Waals surface area contributed by atoms with Crippen LogP contribution in [0.2, 0.25) is 0 Å². The van der Waals surface area contributed by atoms with Gasteiger partial charge in [0.1, 0.15) is 0 Å². The van der Waals surface area contributed by atoms with Crippen molar-refractivity contribution in [1.29, 1.82) is 0 Å². The normalized spacial score (nSPS) is 24.3. The minimum Gasteiger partial charge on any atom is -0.341 e. The smallest absolute Gasteiger partial charge is 0.341 e. The quantitative estimate of drug-likeness (QED) is 0.775. The lowest BCUT2D eigenvalue weighted by Crippen LogP contribution is -2.63. The van der Waals surface area contributed by atoms with Crippen molar-refractivity contribution in [3.8, 4) is 0 Å². The molecule has 1 amide bonds. The van der Waals surface area contributed by atoms with Gasteiger partial charge in [0.25, 0.3) is 5.91 Å². The third kappa shape index (κ3) is 2.91. The number of rotatable bonds is 1. The minimum atomic E-state index is -4.71. The lowest BCUT2D eigenvalue weighted by molar-refractivity contribution is -0.194.